The van der Waals surface area contributed by atoms with Crippen molar-refractivity contribution in [3.63, 3.8) is 0 Å². The Morgan fingerprint density at radius 3 is 2.43 bits per heavy atom. The summed E-state index contributed by atoms with van der Waals surface area (Å²) in [6.07, 6.45) is 5.55. The molecule has 2 nitrogen and oxygen atoms in total. The fraction of sp³-hybridized carbons (Fsp3) is 0.750. The predicted octanol–water partition coefficient (Wildman–Crippen LogP) is 2.68. The fourth-order valence-electron chi connectivity index (χ4n) is 1.53. The summed E-state index contributed by atoms with van der Waals surface area (Å²) >= 11 is 0. The highest BCUT2D eigenvalue weighted by atomic mass is 16.1. The summed E-state index contributed by atoms with van der Waals surface area (Å²) in [7, 11) is 0. The zero-order chi connectivity index (χ0) is 11.0. The van der Waals surface area contributed by atoms with Crippen LogP contribution in [0.4, 0.5) is 0 Å². The van der Waals surface area contributed by atoms with E-state index in [1.807, 2.05) is 13.8 Å². The third-order valence-corrected chi connectivity index (χ3v) is 2.40. The second kappa shape index (κ2) is 7.74. The highest BCUT2D eigenvalue weighted by molar-refractivity contribution is 5.90. The molecule has 0 radical (unpaired) electrons. The molecule has 0 saturated heterocycles. The Hall–Kier alpha value is -0.630. The highest BCUT2D eigenvalue weighted by Gasteiger charge is 2.07. The van der Waals surface area contributed by atoms with Gasteiger partial charge in [-0.2, -0.15) is 0 Å². The van der Waals surface area contributed by atoms with Gasteiger partial charge in [0, 0.05) is 6.42 Å². The van der Waals surface area contributed by atoms with Crippen LogP contribution in [0.25, 0.3) is 0 Å². The number of hydrogen-bond donors (Lipinski definition) is 1. The van der Waals surface area contributed by atoms with Crippen LogP contribution in [0, 0.1) is 5.92 Å². The van der Waals surface area contributed by atoms with Gasteiger partial charge >= 0.3 is 0 Å². The normalized spacial score (nSPS) is 12.3. The van der Waals surface area contributed by atoms with Crippen molar-refractivity contribution in [2.24, 2.45) is 11.7 Å². The molecule has 0 aliphatic heterocycles. The van der Waals surface area contributed by atoms with Gasteiger partial charge in [-0.15, -0.1) is 0 Å². The number of rotatable bonds is 7. The number of allylic oxidation sites excluding steroid dienone is 2. The summed E-state index contributed by atoms with van der Waals surface area (Å²) < 4.78 is 0. The monoisotopic (exact) mass is 197 g/mol. The predicted molar refractivity (Wildman–Crippen MR) is 61.1 cm³/mol. The lowest BCUT2D eigenvalue weighted by Gasteiger charge is -2.11. The van der Waals surface area contributed by atoms with E-state index in [0.717, 1.165) is 31.4 Å². The Kier molecular flexibility index (Phi) is 7.40. The van der Waals surface area contributed by atoms with Crippen molar-refractivity contribution < 1.29 is 4.79 Å². The summed E-state index contributed by atoms with van der Waals surface area (Å²) in [4.78, 5) is 11.4. The molecule has 1 atom stereocenters. The first-order chi connectivity index (χ1) is 6.60. The Balaban J connectivity index is 3.79. The molecule has 0 aliphatic rings. The molecule has 0 aliphatic carbocycles. The van der Waals surface area contributed by atoms with Gasteiger partial charge < -0.3 is 5.73 Å². The van der Waals surface area contributed by atoms with Crippen LogP contribution in [0.1, 0.15) is 46.5 Å². The van der Waals surface area contributed by atoms with E-state index in [4.69, 9.17) is 5.73 Å². The van der Waals surface area contributed by atoms with Gasteiger partial charge in [-0.1, -0.05) is 18.9 Å². The van der Waals surface area contributed by atoms with E-state index in [1.165, 1.54) is 0 Å². The van der Waals surface area contributed by atoms with Crippen LogP contribution in [0.3, 0.4) is 0 Å². The van der Waals surface area contributed by atoms with Gasteiger partial charge in [-0.25, -0.2) is 0 Å². The average molecular weight is 197 g/mol. The third-order valence-electron chi connectivity index (χ3n) is 2.40. The maximum atomic E-state index is 11.4. The smallest absolute Gasteiger partial charge is 0.155 e. The van der Waals surface area contributed by atoms with Crippen molar-refractivity contribution in [3.05, 3.63) is 11.6 Å². The lowest BCUT2D eigenvalue weighted by atomic mass is 9.95. The maximum absolute atomic E-state index is 11.4. The minimum absolute atomic E-state index is 0.250. The first kappa shape index (κ1) is 13.4. The minimum Gasteiger partial charge on any atom is -0.330 e. The van der Waals surface area contributed by atoms with Gasteiger partial charge in [0.05, 0.1) is 0 Å². The Morgan fingerprint density at radius 2 is 2.00 bits per heavy atom. The summed E-state index contributed by atoms with van der Waals surface area (Å²) in [5.74, 6) is 0.870. The molecule has 82 valence electrons. The Labute approximate surface area is 87.6 Å². The summed E-state index contributed by atoms with van der Waals surface area (Å²) in [6.45, 7) is 6.80. The van der Waals surface area contributed by atoms with Crippen LogP contribution >= 0.6 is 0 Å². The maximum Gasteiger partial charge on any atom is 0.155 e. The molecule has 2 heteroatoms. The van der Waals surface area contributed by atoms with Crippen LogP contribution in [0.15, 0.2) is 11.6 Å². The standard InChI is InChI=1S/C12H23NO/c1-4-11(7-8-13)5-6-12(14)9-10(2)3/h9,11H,4-8,13H2,1-3H3. The van der Waals surface area contributed by atoms with Crippen LogP contribution in [-0.4, -0.2) is 12.3 Å². The van der Waals surface area contributed by atoms with Gasteiger partial charge in [0.15, 0.2) is 5.78 Å². The van der Waals surface area contributed by atoms with Crippen molar-refractivity contribution >= 4 is 5.78 Å². The van der Waals surface area contributed by atoms with Gasteiger partial charge in [0.1, 0.15) is 0 Å². The molecule has 0 amide bonds. The van der Waals surface area contributed by atoms with Crippen molar-refractivity contribution in [1.82, 2.24) is 0 Å². The Bertz CT molecular complexity index is 192. The summed E-state index contributed by atoms with van der Waals surface area (Å²) in [5.41, 5.74) is 6.58. The lowest BCUT2D eigenvalue weighted by molar-refractivity contribution is -0.114. The second-order valence-electron chi connectivity index (χ2n) is 4.08. The molecule has 0 rings (SSSR count). The van der Waals surface area contributed by atoms with E-state index in [2.05, 4.69) is 6.92 Å². The molecule has 0 aromatic rings. The molecule has 0 spiro atoms. The highest BCUT2D eigenvalue weighted by Crippen LogP contribution is 2.14. The van der Waals surface area contributed by atoms with E-state index < -0.39 is 0 Å². The largest absolute Gasteiger partial charge is 0.330 e. The number of nitrogens with two attached hydrogens (primary N) is 1. The van der Waals surface area contributed by atoms with Gasteiger partial charge in [0.25, 0.3) is 0 Å². The SMILES string of the molecule is CCC(CCN)CCC(=O)C=C(C)C. The number of carbonyl (C=O) groups excluding carboxylic acids is 1. The molecular formula is C12H23NO. The lowest BCUT2D eigenvalue weighted by Crippen LogP contribution is -2.09. The van der Waals surface area contributed by atoms with E-state index in [9.17, 15) is 4.79 Å². The summed E-state index contributed by atoms with van der Waals surface area (Å²) in [6, 6.07) is 0. The second-order valence-corrected chi connectivity index (χ2v) is 4.08. The molecule has 0 saturated carbocycles. The van der Waals surface area contributed by atoms with Crippen molar-refractivity contribution in [1.29, 1.82) is 0 Å². The number of ketones is 1. The quantitative estimate of drug-likeness (QED) is 0.638. The van der Waals surface area contributed by atoms with Crippen LogP contribution in [-0.2, 0) is 4.79 Å². The van der Waals surface area contributed by atoms with E-state index in [1.54, 1.807) is 6.08 Å². The van der Waals surface area contributed by atoms with Gasteiger partial charge in [-0.05, 0) is 45.2 Å². The van der Waals surface area contributed by atoms with Crippen molar-refractivity contribution in [2.45, 2.75) is 46.5 Å². The zero-order valence-corrected chi connectivity index (χ0v) is 9.68. The summed E-state index contributed by atoms with van der Waals surface area (Å²) in [5, 5.41) is 0. The average Bonchev–Trinajstić information content (AvgIpc) is 2.11. The number of carbonyl (C=O) groups is 1. The third kappa shape index (κ3) is 6.84. The Morgan fingerprint density at radius 1 is 1.36 bits per heavy atom. The molecular weight excluding hydrogens is 174 g/mol. The number of hydrogen-bond acceptors (Lipinski definition) is 2. The van der Waals surface area contributed by atoms with E-state index in [0.29, 0.717) is 12.3 Å². The molecule has 14 heavy (non-hydrogen) atoms. The van der Waals surface area contributed by atoms with Crippen molar-refractivity contribution in [2.75, 3.05) is 6.54 Å². The van der Waals surface area contributed by atoms with Gasteiger partial charge in [0.2, 0.25) is 0 Å². The van der Waals surface area contributed by atoms with E-state index >= 15 is 0 Å². The van der Waals surface area contributed by atoms with Crippen LogP contribution < -0.4 is 5.73 Å². The molecule has 0 aromatic heterocycles. The molecule has 0 aromatic carbocycles. The first-order valence-electron chi connectivity index (χ1n) is 5.48. The van der Waals surface area contributed by atoms with Gasteiger partial charge in [-0.3, -0.25) is 4.79 Å². The molecule has 1 unspecified atom stereocenters. The van der Waals surface area contributed by atoms with Crippen LogP contribution in [0.2, 0.25) is 0 Å². The molecule has 0 bridgehead atoms. The molecule has 2 N–H and O–H groups in total. The van der Waals surface area contributed by atoms with Crippen molar-refractivity contribution in [3.8, 4) is 0 Å². The van der Waals surface area contributed by atoms with E-state index in [-0.39, 0.29) is 5.78 Å². The first-order valence-corrected chi connectivity index (χ1v) is 5.48. The minimum atomic E-state index is 0.250. The topological polar surface area (TPSA) is 43.1 Å². The molecule has 0 heterocycles. The zero-order valence-electron chi connectivity index (χ0n) is 9.68. The molecule has 0 fully saturated rings. The fourth-order valence-corrected chi connectivity index (χ4v) is 1.53. The van der Waals surface area contributed by atoms with Crippen LogP contribution in [0.5, 0.6) is 0 Å².